The summed E-state index contributed by atoms with van der Waals surface area (Å²) in [4.78, 5) is 22.6. The Hall–Kier alpha value is -1.72. The third kappa shape index (κ3) is 3.97. The molecule has 1 atom stereocenters. The highest BCUT2D eigenvalue weighted by atomic mass is 16.6. The van der Waals surface area contributed by atoms with Crippen molar-refractivity contribution in [2.24, 2.45) is 5.73 Å². The van der Waals surface area contributed by atoms with Gasteiger partial charge < -0.3 is 9.47 Å². The summed E-state index contributed by atoms with van der Waals surface area (Å²) >= 11 is 0. The molecule has 2 N–H and O–H groups in total. The second kappa shape index (κ2) is 6.12. The molecule has 0 heterocycles. The molecule has 0 aliphatic rings. The van der Waals surface area contributed by atoms with Crippen LogP contribution in [-0.2, 0) is 9.47 Å². The first kappa shape index (κ1) is 13.3. The molecule has 1 rings (SSSR count). The maximum absolute atomic E-state index is 11.6. The summed E-state index contributed by atoms with van der Waals surface area (Å²) in [6.45, 7) is 1.60. The van der Waals surface area contributed by atoms with Crippen LogP contribution in [0.2, 0.25) is 0 Å². The Labute approximate surface area is 99.5 Å². The van der Waals surface area contributed by atoms with Gasteiger partial charge in [0, 0.05) is 12.7 Å². The Morgan fingerprint density at radius 3 is 2.24 bits per heavy atom. The maximum atomic E-state index is 11.6. The van der Waals surface area contributed by atoms with E-state index in [0.29, 0.717) is 11.1 Å². The number of carbonyl (C=O) groups excluding carboxylic acids is 2. The summed E-state index contributed by atoms with van der Waals surface area (Å²) in [6.07, 6.45) is -0.792. The molecule has 92 valence electrons. The van der Waals surface area contributed by atoms with E-state index in [1.807, 2.05) is 0 Å². The van der Waals surface area contributed by atoms with Crippen LogP contribution in [-0.4, -0.2) is 31.7 Å². The topological polar surface area (TPSA) is 78.6 Å². The largest absolute Gasteiger partial charge is 0.441 e. The molecule has 1 aromatic carbocycles. The Kier molecular flexibility index (Phi) is 4.81. The first-order chi connectivity index (χ1) is 8.04. The minimum absolute atomic E-state index is 0.0546. The van der Waals surface area contributed by atoms with Crippen molar-refractivity contribution in [3.05, 3.63) is 35.4 Å². The predicted molar refractivity (Wildman–Crippen MR) is 61.7 cm³/mol. The van der Waals surface area contributed by atoms with E-state index in [4.69, 9.17) is 15.2 Å². The molecule has 0 aliphatic carbocycles. The number of hydrogen-bond acceptors (Lipinski definition) is 5. The smallest absolute Gasteiger partial charge is 0.339 e. The summed E-state index contributed by atoms with van der Waals surface area (Å²) in [6, 6.07) is 6.19. The van der Waals surface area contributed by atoms with Crippen LogP contribution in [0.25, 0.3) is 0 Å². The third-order valence-corrected chi connectivity index (χ3v) is 2.12. The Morgan fingerprint density at radius 2 is 1.76 bits per heavy atom. The lowest BCUT2D eigenvalue weighted by Crippen LogP contribution is -2.31. The van der Waals surface area contributed by atoms with E-state index in [1.54, 1.807) is 12.1 Å². The molecule has 0 aliphatic heterocycles. The molecule has 0 saturated carbocycles. The molecule has 0 spiro atoms. The van der Waals surface area contributed by atoms with Crippen molar-refractivity contribution in [3.63, 3.8) is 0 Å². The van der Waals surface area contributed by atoms with Crippen LogP contribution >= 0.6 is 0 Å². The number of Topliss-reactive ketones (excluding diaryl/α,β-unsaturated/α-hetero) is 1. The number of rotatable bonds is 5. The first-order valence-corrected chi connectivity index (χ1v) is 5.11. The van der Waals surface area contributed by atoms with E-state index in [1.165, 1.54) is 26.2 Å². The molecule has 1 unspecified atom stereocenters. The lowest BCUT2D eigenvalue weighted by Gasteiger charge is -2.11. The highest BCUT2D eigenvalue weighted by molar-refractivity contribution is 5.96. The van der Waals surface area contributed by atoms with Gasteiger partial charge in [-0.15, -0.1) is 0 Å². The Bertz CT molecular complexity index is 399. The average molecular weight is 237 g/mol. The number of methoxy groups -OCH3 is 1. The number of carbonyl (C=O) groups is 2. The lowest BCUT2D eigenvalue weighted by atomic mass is 10.1. The van der Waals surface area contributed by atoms with Crippen LogP contribution in [0.3, 0.4) is 0 Å². The normalized spacial score (nSPS) is 11.9. The summed E-state index contributed by atoms with van der Waals surface area (Å²) in [7, 11) is 1.47. The molecule has 0 aromatic heterocycles. The zero-order valence-corrected chi connectivity index (χ0v) is 9.80. The van der Waals surface area contributed by atoms with Crippen molar-refractivity contribution >= 4 is 11.8 Å². The average Bonchev–Trinajstić information content (AvgIpc) is 2.29. The van der Waals surface area contributed by atoms with Gasteiger partial charge in [0.1, 0.15) is 0 Å². The van der Waals surface area contributed by atoms with Crippen LogP contribution in [0.5, 0.6) is 0 Å². The fraction of sp³-hybridized carbons (Fsp3) is 0.333. The van der Waals surface area contributed by atoms with Crippen molar-refractivity contribution in [2.45, 2.75) is 13.2 Å². The van der Waals surface area contributed by atoms with Gasteiger partial charge in [-0.05, 0) is 19.1 Å². The summed E-state index contributed by atoms with van der Waals surface area (Å²) in [5.41, 5.74) is 6.37. The van der Waals surface area contributed by atoms with Crippen LogP contribution < -0.4 is 5.73 Å². The second-order valence-corrected chi connectivity index (χ2v) is 3.53. The summed E-state index contributed by atoms with van der Waals surface area (Å²) < 4.78 is 9.65. The van der Waals surface area contributed by atoms with Gasteiger partial charge in [-0.2, -0.15) is 0 Å². The van der Waals surface area contributed by atoms with Crippen molar-refractivity contribution in [3.8, 4) is 0 Å². The minimum atomic E-state index is -0.792. The Balaban J connectivity index is 2.66. The van der Waals surface area contributed by atoms with Gasteiger partial charge in [-0.3, -0.25) is 10.5 Å². The lowest BCUT2D eigenvalue weighted by molar-refractivity contribution is 0.00808. The molecule has 0 bridgehead atoms. The number of esters is 1. The van der Waals surface area contributed by atoms with E-state index in [-0.39, 0.29) is 12.4 Å². The number of ketones is 1. The molecule has 17 heavy (non-hydrogen) atoms. The van der Waals surface area contributed by atoms with E-state index >= 15 is 0 Å². The van der Waals surface area contributed by atoms with E-state index in [0.717, 1.165) is 0 Å². The van der Waals surface area contributed by atoms with Crippen LogP contribution in [0.15, 0.2) is 24.3 Å². The van der Waals surface area contributed by atoms with Gasteiger partial charge >= 0.3 is 5.97 Å². The van der Waals surface area contributed by atoms with Gasteiger partial charge in [-0.1, -0.05) is 12.1 Å². The van der Waals surface area contributed by atoms with E-state index in [9.17, 15) is 9.59 Å². The highest BCUT2D eigenvalue weighted by Crippen LogP contribution is 2.07. The third-order valence-electron chi connectivity index (χ3n) is 2.12. The minimum Gasteiger partial charge on any atom is -0.441 e. The predicted octanol–water partition coefficient (Wildman–Crippen LogP) is 0.977. The van der Waals surface area contributed by atoms with Crippen molar-refractivity contribution in [1.82, 2.24) is 0 Å². The van der Waals surface area contributed by atoms with E-state index in [2.05, 4.69) is 0 Å². The van der Waals surface area contributed by atoms with Gasteiger partial charge in [0.2, 0.25) is 0 Å². The van der Waals surface area contributed by atoms with Crippen LogP contribution in [0.4, 0.5) is 0 Å². The van der Waals surface area contributed by atoms with Crippen molar-refractivity contribution in [2.75, 3.05) is 13.7 Å². The fourth-order valence-electron chi connectivity index (χ4n) is 1.24. The zero-order chi connectivity index (χ0) is 12.8. The summed E-state index contributed by atoms with van der Waals surface area (Å²) in [5, 5.41) is 0. The molecule has 0 fully saturated rings. The van der Waals surface area contributed by atoms with Crippen LogP contribution in [0, 0.1) is 0 Å². The molecule has 0 saturated heterocycles. The maximum Gasteiger partial charge on any atom is 0.339 e. The molecular weight excluding hydrogens is 222 g/mol. The fourth-order valence-corrected chi connectivity index (χ4v) is 1.24. The molecule has 5 nitrogen and oxygen atoms in total. The molecule has 5 heteroatoms. The molecule has 1 aromatic rings. The van der Waals surface area contributed by atoms with E-state index < -0.39 is 12.2 Å². The van der Waals surface area contributed by atoms with Gasteiger partial charge in [0.15, 0.2) is 12.0 Å². The standard InChI is InChI=1S/C12H15NO4/c1-8(14)9-3-5-10(6-4-9)12(15)17-11(13)7-16-2/h3-6,11H,7,13H2,1-2H3. The quantitative estimate of drug-likeness (QED) is 0.469. The number of nitrogens with two attached hydrogens (primary N) is 1. The summed E-state index contributed by atoms with van der Waals surface area (Å²) in [5.74, 6) is -0.592. The first-order valence-electron chi connectivity index (χ1n) is 5.11. The Morgan fingerprint density at radius 1 is 1.24 bits per heavy atom. The van der Waals surface area contributed by atoms with Gasteiger partial charge in [-0.25, -0.2) is 4.79 Å². The number of ether oxygens (including phenoxy) is 2. The SMILES string of the molecule is COCC(N)OC(=O)c1ccc(C(C)=O)cc1. The van der Waals surface area contributed by atoms with Gasteiger partial charge in [0.05, 0.1) is 12.2 Å². The van der Waals surface area contributed by atoms with Crippen molar-refractivity contribution in [1.29, 1.82) is 0 Å². The number of hydrogen-bond donors (Lipinski definition) is 1. The van der Waals surface area contributed by atoms with Crippen LogP contribution in [0.1, 0.15) is 27.6 Å². The highest BCUT2D eigenvalue weighted by Gasteiger charge is 2.12. The monoisotopic (exact) mass is 237 g/mol. The molecular formula is C12H15NO4. The number of benzene rings is 1. The van der Waals surface area contributed by atoms with Gasteiger partial charge in [0.25, 0.3) is 0 Å². The van der Waals surface area contributed by atoms with Crippen molar-refractivity contribution < 1.29 is 19.1 Å². The molecule has 0 amide bonds. The zero-order valence-electron chi connectivity index (χ0n) is 9.80. The molecule has 0 radical (unpaired) electrons. The second-order valence-electron chi connectivity index (χ2n) is 3.53.